The van der Waals surface area contributed by atoms with Crippen LogP contribution in [-0.4, -0.2) is 24.8 Å². The average molecular weight is 272 g/mol. The zero-order valence-electron chi connectivity index (χ0n) is 12.4. The molecule has 1 heterocycles. The van der Waals surface area contributed by atoms with Crippen molar-refractivity contribution in [2.24, 2.45) is 0 Å². The van der Waals surface area contributed by atoms with Crippen molar-refractivity contribution in [1.29, 1.82) is 10.8 Å². The highest BCUT2D eigenvalue weighted by Gasteiger charge is 2.21. The molecule has 0 unspecified atom stereocenters. The smallest absolute Gasteiger partial charge is 0.131 e. The van der Waals surface area contributed by atoms with Crippen LogP contribution in [0.1, 0.15) is 50.7 Å². The van der Waals surface area contributed by atoms with Crippen LogP contribution in [0.4, 0.5) is 5.69 Å². The maximum absolute atomic E-state index is 7.90. The molecule has 0 atom stereocenters. The minimum Gasteiger partial charge on any atom is -0.372 e. The second-order valence-corrected chi connectivity index (χ2v) is 5.30. The molecule has 0 bridgehead atoms. The van der Waals surface area contributed by atoms with E-state index in [1.165, 1.54) is 31.4 Å². The number of hydrogen-bond acceptors (Lipinski definition) is 3. The molecule has 0 amide bonds. The lowest BCUT2D eigenvalue weighted by Gasteiger charge is -2.25. The number of benzene rings is 1. The Bertz CT molecular complexity index is 499. The summed E-state index contributed by atoms with van der Waals surface area (Å²) in [6.07, 6.45) is 4.75. The molecule has 1 aliphatic heterocycles. The molecule has 0 aromatic heterocycles. The first-order valence-electron chi connectivity index (χ1n) is 7.51. The standard InChI is InChI=1S/C16H24N4/c1-3-5-9-20(10-6-4-2)12-7-8-13-14(11-12)16(18)19-15(13)17/h7-8,11H,3-6,9-10H2,1-2H3,(H3,17,18,19). The van der Waals surface area contributed by atoms with Gasteiger partial charge in [-0.25, -0.2) is 0 Å². The molecule has 3 N–H and O–H groups in total. The number of anilines is 1. The zero-order chi connectivity index (χ0) is 14.5. The Kier molecular flexibility index (Phi) is 4.77. The fourth-order valence-electron chi connectivity index (χ4n) is 2.48. The van der Waals surface area contributed by atoms with Crippen LogP contribution < -0.4 is 10.2 Å². The molecule has 20 heavy (non-hydrogen) atoms. The van der Waals surface area contributed by atoms with Gasteiger partial charge in [0.1, 0.15) is 11.7 Å². The van der Waals surface area contributed by atoms with Crippen molar-refractivity contribution in [3.05, 3.63) is 29.3 Å². The van der Waals surface area contributed by atoms with E-state index in [-0.39, 0.29) is 0 Å². The number of fused-ring (bicyclic) bond motifs is 1. The van der Waals surface area contributed by atoms with E-state index in [2.05, 4.69) is 36.2 Å². The summed E-state index contributed by atoms with van der Waals surface area (Å²) in [7, 11) is 0. The van der Waals surface area contributed by atoms with Gasteiger partial charge >= 0.3 is 0 Å². The van der Waals surface area contributed by atoms with Crippen LogP contribution in [0.25, 0.3) is 0 Å². The highest BCUT2D eigenvalue weighted by molar-refractivity contribution is 6.23. The zero-order valence-corrected chi connectivity index (χ0v) is 12.4. The van der Waals surface area contributed by atoms with E-state index in [0.29, 0.717) is 11.7 Å². The van der Waals surface area contributed by atoms with Crippen LogP contribution in [0.15, 0.2) is 18.2 Å². The summed E-state index contributed by atoms with van der Waals surface area (Å²) in [5.41, 5.74) is 2.86. The minimum absolute atomic E-state index is 0.338. The van der Waals surface area contributed by atoms with Gasteiger partial charge in [-0.15, -0.1) is 0 Å². The SMILES string of the molecule is CCCCN(CCCC)c1ccc2c(c1)C(=N)NC2=N. The van der Waals surface area contributed by atoms with Crippen LogP contribution in [0, 0.1) is 10.8 Å². The van der Waals surface area contributed by atoms with Crippen molar-refractivity contribution >= 4 is 17.4 Å². The minimum atomic E-state index is 0.338. The fourth-order valence-corrected chi connectivity index (χ4v) is 2.48. The lowest BCUT2D eigenvalue weighted by molar-refractivity contribution is 0.678. The summed E-state index contributed by atoms with van der Waals surface area (Å²) in [4.78, 5) is 2.41. The molecule has 4 nitrogen and oxygen atoms in total. The van der Waals surface area contributed by atoms with Gasteiger partial charge in [-0.1, -0.05) is 26.7 Å². The van der Waals surface area contributed by atoms with Gasteiger partial charge in [-0.3, -0.25) is 10.8 Å². The topological polar surface area (TPSA) is 63.0 Å². The molecular weight excluding hydrogens is 248 g/mol. The van der Waals surface area contributed by atoms with E-state index >= 15 is 0 Å². The highest BCUT2D eigenvalue weighted by atomic mass is 15.1. The number of unbranched alkanes of at least 4 members (excludes halogenated alkanes) is 2. The van der Waals surface area contributed by atoms with Crippen LogP contribution in [0.5, 0.6) is 0 Å². The van der Waals surface area contributed by atoms with Crippen molar-refractivity contribution in [3.8, 4) is 0 Å². The summed E-state index contributed by atoms with van der Waals surface area (Å²) >= 11 is 0. The molecular formula is C16H24N4. The lowest BCUT2D eigenvalue weighted by Crippen LogP contribution is -2.25. The Morgan fingerprint density at radius 2 is 1.55 bits per heavy atom. The number of rotatable bonds is 7. The van der Waals surface area contributed by atoms with Gasteiger partial charge in [0.2, 0.25) is 0 Å². The van der Waals surface area contributed by atoms with Crippen LogP contribution in [0.3, 0.4) is 0 Å². The molecule has 0 saturated carbocycles. The second-order valence-electron chi connectivity index (χ2n) is 5.30. The van der Waals surface area contributed by atoms with Crippen LogP contribution >= 0.6 is 0 Å². The molecule has 2 rings (SSSR count). The van der Waals surface area contributed by atoms with Crippen molar-refractivity contribution in [2.45, 2.75) is 39.5 Å². The van der Waals surface area contributed by atoms with Crippen molar-refractivity contribution in [2.75, 3.05) is 18.0 Å². The van der Waals surface area contributed by atoms with Gasteiger partial charge in [0.05, 0.1) is 0 Å². The summed E-state index contributed by atoms with van der Waals surface area (Å²) in [5.74, 6) is 0.683. The molecule has 0 radical (unpaired) electrons. The van der Waals surface area contributed by atoms with E-state index in [4.69, 9.17) is 10.8 Å². The monoisotopic (exact) mass is 272 g/mol. The van der Waals surface area contributed by atoms with Crippen molar-refractivity contribution in [3.63, 3.8) is 0 Å². The second kappa shape index (κ2) is 6.55. The predicted octanol–water partition coefficient (Wildman–Crippen LogP) is 3.35. The maximum Gasteiger partial charge on any atom is 0.131 e. The largest absolute Gasteiger partial charge is 0.372 e. The van der Waals surface area contributed by atoms with Crippen LogP contribution in [0.2, 0.25) is 0 Å². The Morgan fingerprint density at radius 1 is 0.950 bits per heavy atom. The molecule has 1 aliphatic rings. The van der Waals surface area contributed by atoms with Crippen molar-refractivity contribution < 1.29 is 0 Å². The summed E-state index contributed by atoms with van der Waals surface area (Å²) in [6, 6.07) is 6.10. The lowest BCUT2D eigenvalue weighted by atomic mass is 10.1. The van der Waals surface area contributed by atoms with Gasteiger partial charge in [0.15, 0.2) is 0 Å². The Labute approximate surface area is 121 Å². The summed E-state index contributed by atoms with van der Waals surface area (Å²) in [6.45, 7) is 6.55. The molecule has 0 aliphatic carbocycles. The summed E-state index contributed by atoms with van der Waals surface area (Å²) in [5, 5.41) is 18.5. The highest BCUT2D eigenvalue weighted by Crippen LogP contribution is 2.23. The molecule has 0 spiro atoms. The third-order valence-corrected chi connectivity index (χ3v) is 3.72. The number of amidine groups is 2. The third kappa shape index (κ3) is 3.00. The molecule has 4 heteroatoms. The van der Waals surface area contributed by atoms with Gasteiger partial charge in [0, 0.05) is 29.9 Å². The molecule has 0 saturated heterocycles. The maximum atomic E-state index is 7.90. The van der Waals surface area contributed by atoms with Crippen LogP contribution in [-0.2, 0) is 0 Å². The van der Waals surface area contributed by atoms with E-state index in [1.54, 1.807) is 0 Å². The predicted molar refractivity (Wildman–Crippen MR) is 85.3 cm³/mol. The van der Waals surface area contributed by atoms with Crippen molar-refractivity contribution in [1.82, 2.24) is 5.32 Å². The Hall–Kier alpha value is -1.84. The first-order chi connectivity index (χ1) is 9.67. The third-order valence-electron chi connectivity index (χ3n) is 3.72. The number of hydrogen-bond donors (Lipinski definition) is 3. The fraction of sp³-hybridized carbons (Fsp3) is 0.500. The number of nitrogens with zero attached hydrogens (tertiary/aromatic N) is 1. The van der Waals surface area contributed by atoms with Gasteiger partial charge in [0.25, 0.3) is 0 Å². The van der Waals surface area contributed by atoms with E-state index in [1.807, 2.05) is 6.07 Å². The first kappa shape index (κ1) is 14.6. The first-order valence-corrected chi connectivity index (χ1v) is 7.51. The average Bonchev–Trinajstić information content (AvgIpc) is 2.74. The molecule has 0 fully saturated rings. The normalized spacial score (nSPS) is 13.3. The molecule has 1 aromatic rings. The summed E-state index contributed by atoms with van der Waals surface area (Å²) < 4.78 is 0. The quantitative estimate of drug-likeness (QED) is 0.712. The Balaban J connectivity index is 2.23. The van der Waals surface area contributed by atoms with E-state index < -0.39 is 0 Å². The van der Waals surface area contributed by atoms with Gasteiger partial charge in [-0.05, 0) is 31.0 Å². The Morgan fingerprint density at radius 3 is 2.15 bits per heavy atom. The van der Waals surface area contributed by atoms with E-state index in [0.717, 1.165) is 24.2 Å². The van der Waals surface area contributed by atoms with E-state index in [9.17, 15) is 0 Å². The molecule has 1 aromatic carbocycles. The van der Waals surface area contributed by atoms with Gasteiger partial charge in [-0.2, -0.15) is 0 Å². The number of nitrogens with one attached hydrogen (secondary N) is 3. The molecule has 108 valence electrons. The van der Waals surface area contributed by atoms with Gasteiger partial charge < -0.3 is 10.2 Å².